The van der Waals surface area contributed by atoms with Crippen molar-refractivity contribution in [3.05, 3.63) is 121 Å². The van der Waals surface area contributed by atoms with E-state index >= 15 is 0 Å². The van der Waals surface area contributed by atoms with Crippen molar-refractivity contribution >= 4 is 16.4 Å². The highest BCUT2D eigenvalue weighted by atomic mass is 15.3. The molecule has 3 heterocycles. The lowest BCUT2D eigenvalue weighted by Crippen LogP contribution is -2.00. The molecular weight excluding hydrogens is 456 g/mol. The summed E-state index contributed by atoms with van der Waals surface area (Å²) in [5.41, 5.74) is 4.53. The van der Waals surface area contributed by atoms with Crippen molar-refractivity contribution in [1.82, 2.24) is 29.5 Å². The minimum absolute atomic E-state index is 0.619. The van der Waals surface area contributed by atoms with Gasteiger partial charge in [-0.05, 0) is 11.5 Å². The first-order valence-corrected chi connectivity index (χ1v) is 12.0. The van der Waals surface area contributed by atoms with E-state index in [9.17, 15) is 0 Å². The Balaban J connectivity index is 1.29. The Bertz CT molecular complexity index is 1750. The molecule has 0 N–H and O–H groups in total. The van der Waals surface area contributed by atoms with Crippen LogP contribution in [0.15, 0.2) is 121 Å². The highest BCUT2D eigenvalue weighted by Crippen LogP contribution is 2.26. The van der Waals surface area contributed by atoms with Gasteiger partial charge in [0.25, 0.3) is 0 Å². The van der Waals surface area contributed by atoms with Crippen molar-refractivity contribution in [3.63, 3.8) is 0 Å². The van der Waals surface area contributed by atoms with E-state index in [1.54, 1.807) is 0 Å². The molecule has 0 atom stereocenters. The molecule has 0 spiro atoms. The predicted octanol–water partition coefficient (Wildman–Crippen LogP) is 6.74. The molecule has 0 saturated heterocycles. The van der Waals surface area contributed by atoms with Gasteiger partial charge >= 0.3 is 0 Å². The lowest BCUT2D eigenvalue weighted by molar-refractivity contribution is 0.974. The van der Waals surface area contributed by atoms with E-state index in [-0.39, 0.29) is 0 Å². The summed E-state index contributed by atoms with van der Waals surface area (Å²) in [5, 5.41) is 6.97. The van der Waals surface area contributed by atoms with Gasteiger partial charge in [0.2, 0.25) is 0 Å². The van der Waals surface area contributed by atoms with E-state index < -0.39 is 0 Å². The average molecular weight is 477 g/mol. The van der Waals surface area contributed by atoms with Gasteiger partial charge in [-0.25, -0.2) is 24.5 Å². The van der Waals surface area contributed by atoms with E-state index in [0.29, 0.717) is 23.3 Å². The first-order valence-electron chi connectivity index (χ1n) is 12.0. The molecule has 7 aromatic rings. The van der Waals surface area contributed by atoms with Crippen LogP contribution in [0.4, 0.5) is 0 Å². The third-order valence-electron chi connectivity index (χ3n) is 6.30. The molecule has 0 amide bonds. The Morgan fingerprint density at radius 2 is 0.865 bits per heavy atom. The fourth-order valence-corrected chi connectivity index (χ4v) is 4.39. The van der Waals surface area contributed by atoms with Gasteiger partial charge in [-0.2, -0.15) is 0 Å². The molecule has 0 unspecified atom stereocenters. The number of aromatic nitrogens is 6. The first-order chi connectivity index (χ1) is 18.3. The Labute approximate surface area is 213 Å². The lowest BCUT2D eigenvalue weighted by Gasteiger charge is -2.08. The second kappa shape index (κ2) is 8.77. The summed E-state index contributed by atoms with van der Waals surface area (Å²) in [6, 6.07) is 38.3. The summed E-state index contributed by atoms with van der Waals surface area (Å²) in [7, 11) is 0. The smallest absolute Gasteiger partial charge is 0.182 e. The first kappa shape index (κ1) is 21.1. The molecule has 0 aliphatic carbocycles. The molecule has 0 aliphatic heterocycles. The summed E-state index contributed by atoms with van der Waals surface area (Å²) in [6.45, 7) is 0. The zero-order valence-electron chi connectivity index (χ0n) is 19.7. The van der Waals surface area contributed by atoms with Crippen LogP contribution in [0.5, 0.6) is 0 Å². The Hall–Kier alpha value is -5.23. The van der Waals surface area contributed by atoms with Gasteiger partial charge in [-0.1, -0.05) is 109 Å². The number of hydrogen-bond acceptors (Lipinski definition) is 5. The summed E-state index contributed by atoms with van der Waals surface area (Å²) < 4.78 is 1.83. The number of rotatable bonds is 4. The van der Waals surface area contributed by atoms with Crippen LogP contribution in [-0.2, 0) is 0 Å². The van der Waals surface area contributed by atoms with Crippen molar-refractivity contribution in [2.24, 2.45) is 0 Å². The maximum atomic E-state index is 4.81. The summed E-state index contributed by atoms with van der Waals surface area (Å²) in [4.78, 5) is 19.1. The third kappa shape index (κ3) is 4.00. The molecule has 174 valence electrons. The molecule has 0 saturated carbocycles. The highest BCUT2D eigenvalue weighted by Gasteiger charge is 2.13. The summed E-state index contributed by atoms with van der Waals surface area (Å²) in [5.74, 6) is 2.58. The molecular formula is C31H20N6. The van der Waals surface area contributed by atoms with E-state index in [0.717, 1.165) is 38.7 Å². The molecule has 0 radical (unpaired) electrons. The largest absolute Gasteiger partial charge is 0.220 e. The van der Waals surface area contributed by atoms with Crippen LogP contribution in [0.3, 0.4) is 0 Å². The summed E-state index contributed by atoms with van der Waals surface area (Å²) >= 11 is 0. The Morgan fingerprint density at radius 3 is 1.43 bits per heavy atom. The molecule has 0 fully saturated rings. The van der Waals surface area contributed by atoms with Crippen LogP contribution in [0, 0.1) is 0 Å². The summed E-state index contributed by atoms with van der Waals surface area (Å²) in [6.07, 6.45) is 2.01. The number of benzene rings is 4. The average Bonchev–Trinajstić information content (AvgIpc) is 3.39. The molecule has 0 bridgehead atoms. The third-order valence-corrected chi connectivity index (χ3v) is 6.30. The van der Waals surface area contributed by atoms with Crippen molar-refractivity contribution in [2.45, 2.75) is 0 Å². The zero-order valence-corrected chi connectivity index (χ0v) is 19.7. The standard InChI is InChI=1S/C31H20N6/c1-3-9-21(10-4-1)28-33-29(22-11-5-2-6-12-22)35-30(34-28)23-15-17-24(18-16-23)31-32-27-19-25-13-7-8-14-26(25)20-37(27)36-31/h1-20H. The van der Waals surface area contributed by atoms with Crippen LogP contribution >= 0.6 is 0 Å². The number of hydrogen-bond donors (Lipinski definition) is 0. The van der Waals surface area contributed by atoms with Gasteiger partial charge in [0.05, 0.1) is 0 Å². The van der Waals surface area contributed by atoms with Gasteiger partial charge < -0.3 is 0 Å². The Kier molecular flexibility index (Phi) is 5.00. The van der Waals surface area contributed by atoms with E-state index in [2.05, 4.69) is 18.2 Å². The van der Waals surface area contributed by atoms with Crippen molar-refractivity contribution < 1.29 is 0 Å². The van der Waals surface area contributed by atoms with Crippen LogP contribution in [0.1, 0.15) is 0 Å². The monoisotopic (exact) mass is 476 g/mol. The Morgan fingerprint density at radius 1 is 0.405 bits per heavy atom. The van der Waals surface area contributed by atoms with E-state index in [1.807, 2.05) is 108 Å². The van der Waals surface area contributed by atoms with Crippen LogP contribution in [0.2, 0.25) is 0 Å². The van der Waals surface area contributed by atoms with Crippen LogP contribution in [-0.4, -0.2) is 29.5 Å². The van der Waals surface area contributed by atoms with Gasteiger partial charge in [0.15, 0.2) is 28.9 Å². The topological polar surface area (TPSA) is 68.9 Å². The number of nitrogens with zero attached hydrogens (tertiary/aromatic N) is 6. The lowest BCUT2D eigenvalue weighted by atomic mass is 10.1. The molecule has 6 nitrogen and oxygen atoms in total. The van der Waals surface area contributed by atoms with E-state index in [1.165, 1.54) is 0 Å². The second-order valence-electron chi connectivity index (χ2n) is 8.76. The van der Waals surface area contributed by atoms with Crippen LogP contribution in [0.25, 0.3) is 62.0 Å². The molecule has 4 aromatic carbocycles. The second-order valence-corrected chi connectivity index (χ2v) is 8.76. The van der Waals surface area contributed by atoms with Gasteiger partial charge in [0, 0.05) is 33.8 Å². The maximum Gasteiger partial charge on any atom is 0.182 e. The van der Waals surface area contributed by atoms with Crippen molar-refractivity contribution in [2.75, 3.05) is 0 Å². The van der Waals surface area contributed by atoms with Gasteiger partial charge in [-0.3, -0.25) is 0 Å². The fraction of sp³-hybridized carbons (Fsp3) is 0. The zero-order chi connectivity index (χ0) is 24.6. The van der Waals surface area contributed by atoms with Crippen molar-refractivity contribution in [3.8, 4) is 45.6 Å². The minimum atomic E-state index is 0.619. The molecule has 0 aliphatic rings. The van der Waals surface area contributed by atoms with Crippen molar-refractivity contribution in [1.29, 1.82) is 0 Å². The number of fused-ring (bicyclic) bond motifs is 2. The van der Waals surface area contributed by atoms with Crippen LogP contribution < -0.4 is 0 Å². The molecule has 6 heteroatoms. The van der Waals surface area contributed by atoms with Gasteiger partial charge in [-0.15, -0.1) is 5.10 Å². The fourth-order valence-electron chi connectivity index (χ4n) is 4.39. The van der Waals surface area contributed by atoms with E-state index in [4.69, 9.17) is 25.0 Å². The maximum absolute atomic E-state index is 4.81. The quantitative estimate of drug-likeness (QED) is 0.282. The van der Waals surface area contributed by atoms with Gasteiger partial charge in [0.1, 0.15) is 0 Å². The molecule has 3 aromatic heterocycles. The molecule has 7 rings (SSSR count). The normalized spacial score (nSPS) is 11.2. The minimum Gasteiger partial charge on any atom is -0.220 e. The predicted molar refractivity (Wildman–Crippen MR) is 146 cm³/mol. The SMILES string of the molecule is c1ccc(-c2nc(-c3ccccc3)nc(-c3ccc(-c4nc5cc6ccccc6cn5n4)cc3)n2)cc1. The highest BCUT2D eigenvalue weighted by molar-refractivity contribution is 5.85. The number of pyridine rings is 1. The molecule has 37 heavy (non-hydrogen) atoms.